The Hall–Kier alpha value is -1.58. The lowest BCUT2D eigenvalue weighted by Crippen LogP contribution is -2.34. The predicted octanol–water partition coefficient (Wildman–Crippen LogP) is 2.66. The highest BCUT2D eigenvalue weighted by atomic mass is 16.2. The molecule has 0 saturated heterocycles. The highest BCUT2D eigenvalue weighted by Crippen LogP contribution is 2.18. The van der Waals surface area contributed by atoms with Crippen LogP contribution in [0.4, 0.5) is 5.82 Å². The quantitative estimate of drug-likeness (QED) is 0.892. The molecule has 1 rings (SSSR count). The van der Waals surface area contributed by atoms with Crippen LogP contribution in [-0.2, 0) is 0 Å². The van der Waals surface area contributed by atoms with Crippen LogP contribution in [0, 0.1) is 0 Å². The number of carbonyl (C=O) groups excluding carboxylic acids is 1. The molecule has 0 aliphatic carbocycles. The first-order valence-electron chi connectivity index (χ1n) is 6.41. The minimum atomic E-state index is 0.000324. The van der Waals surface area contributed by atoms with Gasteiger partial charge in [0.15, 0.2) is 0 Å². The van der Waals surface area contributed by atoms with Gasteiger partial charge in [-0.3, -0.25) is 4.79 Å². The summed E-state index contributed by atoms with van der Waals surface area (Å²) in [6.07, 6.45) is 0.930. The molecule has 0 saturated carbocycles. The molecule has 1 amide bonds. The number of hydrogen-bond acceptors (Lipinski definition) is 3. The van der Waals surface area contributed by atoms with Crippen molar-refractivity contribution in [2.24, 2.45) is 0 Å². The number of nitrogen functional groups attached to an aromatic ring is 1. The fourth-order valence-corrected chi connectivity index (χ4v) is 1.67. The van der Waals surface area contributed by atoms with E-state index in [0.717, 1.165) is 12.1 Å². The van der Waals surface area contributed by atoms with Crippen molar-refractivity contribution < 1.29 is 4.79 Å². The monoisotopic (exact) mass is 249 g/mol. The molecule has 0 aliphatic heterocycles. The summed E-state index contributed by atoms with van der Waals surface area (Å²) in [6, 6.07) is 3.70. The maximum absolute atomic E-state index is 12.3. The lowest BCUT2D eigenvalue weighted by atomic mass is 10.1. The number of hydrogen-bond donors (Lipinski definition) is 1. The van der Waals surface area contributed by atoms with Crippen molar-refractivity contribution in [2.45, 2.75) is 46.1 Å². The first-order valence-corrected chi connectivity index (χ1v) is 6.41. The molecular formula is C14H23N3O. The molecule has 0 spiro atoms. The van der Waals surface area contributed by atoms with Crippen LogP contribution < -0.4 is 5.73 Å². The minimum absolute atomic E-state index is 0.000324. The molecule has 4 nitrogen and oxygen atoms in total. The number of aromatic nitrogens is 1. The summed E-state index contributed by atoms with van der Waals surface area (Å²) in [7, 11) is 1.82. The van der Waals surface area contributed by atoms with Crippen LogP contribution in [0.15, 0.2) is 12.1 Å². The van der Waals surface area contributed by atoms with Gasteiger partial charge in [-0.05, 0) is 31.4 Å². The molecule has 100 valence electrons. The van der Waals surface area contributed by atoms with Crippen molar-refractivity contribution in [2.75, 3.05) is 12.8 Å². The van der Waals surface area contributed by atoms with Crippen molar-refractivity contribution in [1.82, 2.24) is 9.88 Å². The molecule has 1 aromatic rings. The maximum Gasteiger partial charge on any atom is 0.254 e. The van der Waals surface area contributed by atoms with Crippen LogP contribution in [0.3, 0.4) is 0 Å². The second-order valence-corrected chi connectivity index (χ2v) is 5.03. The normalized spacial score (nSPS) is 12.6. The molecule has 0 fully saturated rings. The van der Waals surface area contributed by atoms with Gasteiger partial charge in [0.05, 0.1) is 0 Å². The third kappa shape index (κ3) is 3.22. The summed E-state index contributed by atoms with van der Waals surface area (Å²) >= 11 is 0. The molecule has 1 unspecified atom stereocenters. The number of rotatable bonds is 4. The van der Waals surface area contributed by atoms with Gasteiger partial charge in [-0.1, -0.05) is 20.8 Å². The molecule has 4 heteroatoms. The summed E-state index contributed by atoms with van der Waals surface area (Å²) in [5, 5.41) is 0. The number of nitrogens with two attached hydrogens (primary N) is 1. The Morgan fingerprint density at radius 2 is 2.00 bits per heavy atom. The molecule has 1 atom stereocenters. The Morgan fingerprint density at radius 3 is 2.50 bits per heavy atom. The number of amides is 1. The smallest absolute Gasteiger partial charge is 0.254 e. The number of anilines is 1. The highest BCUT2D eigenvalue weighted by molar-refractivity contribution is 5.95. The second-order valence-electron chi connectivity index (χ2n) is 5.03. The highest BCUT2D eigenvalue weighted by Gasteiger charge is 2.18. The van der Waals surface area contributed by atoms with Gasteiger partial charge in [-0.2, -0.15) is 0 Å². The van der Waals surface area contributed by atoms with Gasteiger partial charge < -0.3 is 10.6 Å². The topological polar surface area (TPSA) is 59.2 Å². The van der Waals surface area contributed by atoms with E-state index in [1.807, 2.05) is 33.9 Å². The van der Waals surface area contributed by atoms with Crippen LogP contribution in [0.5, 0.6) is 0 Å². The predicted molar refractivity (Wildman–Crippen MR) is 74.6 cm³/mol. The Balaban J connectivity index is 3.06. The standard InChI is InChI=1S/C14H23N3O/c1-6-10(4)17(5)14(18)11-7-12(9(2)3)16-13(15)8-11/h7-10H,6H2,1-5H3,(H2,15,16). The zero-order chi connectivity index (χ0) is 13.9. The van der Waals surface area contributed by atoms with Gasteiger partial charge >= 0.3 is 0 Å². The van der Waals surface area contributed by atoms with Gasteiger partial charge in [0, 0.05) is 24.3 Å². The van der Waals surface area contributed by atoms with Crippen LogP contribution in [0.25, 0.3) is 0 Å². The van der Waals surface area contributed by atoms with Crippen molar-refractivity contribution in [1.29, 1.82) is 0 Å². The van der Waals surface area contributed by atoms with E-state index in [0.29, 0.717) is 11.4 Å². The molecule has 2 N–H and O–H groups in total. The van der Waals surface area contributed by atoms with E-state index in [-0.39, 0.29) is 17.9 Å². The first-order chi connectivity index (χ1) is 8.36. The van der Waals surface area contributed by atoms with Gasteiger partial charge in [0.1, 0.15) is 5.82 Å². The Kier molecular flexibility index (Phi) is 4.70. The van der Waals surface area contributed by atoms with Crippen LogP contribution >= 0.6 is 0 Å². The number of nitrogens with zero attached hydrogens (tertiary/aromatic N) is 2. The molecule has 0 aliphatic rings. The molecule has 1 aromatic heterocycles. The van der Waals surface area contributed by atoms with Gasteiger partial charge in [-0.25, -0.2) is 4.98 Å². The Morgan fingerprint density at radius 1 is 1.39 bits per heavy atom. The molecule has 0 radical (unpaired) electrons. The van der Waals surface area contributed by atoms with Crippen molar-refractivity contribution in [3.05, 3.63) is 23.4 Å². The third-order valence-corrected chi connectivity index (χ3v) is 3.28. The van der Waals surface area contributed by atoms with E-state index in [4.69, 9.17) is 5.73 Å². The van der Waals surface area contributed by atoms with Gasteiger partial charge in [-0.15, -0.1) is 0 Å². The summed E-state index contributed by atoms with van der Waals surface area (Å²) in [6.45, 7) is 8.17. The Labute approximate surface area is 109 Å². The fourth-order valence-electron chi connectivity index (χ4n) is 1.67. The zero-order valence-electron chi connectivity index (χ0n) is 11.9. The Bertz CT molecular complexity index is 429. The summed E-state index contributed by atoms with van der Waals surface area (Å²) < 4.78 is 0. The van der Waals surface area contributed by atoms with Gasteiger partial charge in [0.2, 0.25) is 0 Å². The summed E-state index contributed by atoms with van der Waals surface area (Å²) in [5.74, 6) is 0.663. The number of carbonyl (C=O) groups is 1. The fraction of sp³-hybridized carbons (Fsp3) is 0.571. The number of pyridine rings is 1. The summed E-state index contributed by atoms with van der Waals surface area (Å²) in [5.41, 5.74) is 7.24. The van der Waals surface area contributed by atoms with Gasteiger partial charge in [0.25, 0.3) is 5.91 Å². The zero-order valence-corrected chi connectivity index (χ0v) is 11.9. The van der Waals surface area contributed by atoms with E-state index in [9.17, 15) is 4.79 Å². The van der Waals surface area contributed by atoms with E-state index in [1.54, 1.807) is 11.0 Å². The molecular weight excluding hydrogens is 226 g/mol. The SMILES string of the molecule is CCC(C)N(C)C(=O)c1cc(N)nc(C(C)C)c1. The largest absolute Gasteiger partial charge is 0.384 e. The third-order valence-electron chi connectivity index (χ3n) is 3.28. The lowest BCUT2D eigenvalue weighted by Gasteiger charge is -2.24. The van der Waals surface area contributed by atoms with E-state index >= 15 is 0 Å². The van der Waals surface area contributed by atoms with E-state index in [2.05, 4.69) is 11.9 Å². The van der Waals surface area contributed by atoms with Crippen LogP contribution in [0.1, 0.15) is 56.1 Å². The minimum Gasteiger partial charge on any atom is -0.384 e. The summed E-state index contributed by atoms with van der Waals surface area (Å²) in [4.78, 5) is 18.3. The molecule has 1 heterocycles. The average molecular weight is 249 g/mol. The molecule has 0 bridgehead atoms. The van der Waals surface area contributed by atoms with Crippen molar-refractivity contribution in [3.8, 4) is 0 Å². The molecule has 18 heavy (non-hydrogen) atoms. The first kappa shape index (κ1) is 14.5. The van der Waals surface area contributed by atoms with Crippen molar-refractivity contribution in [3.63, 3.8) is 0 Å². The van der Waals surface area contributed by atoms with Crippen LogP contribution in [-0.4, -0.2) is 28.9 Å². The average Bonchev–Trinajstić information content (AvgIpc) is 2.35. The lowest BCUT2D eigenvalue weighted by molar-refractivity contribution is 0.0740. The second kappa shape index (κ2) is 5.85. The van der Waals surface area contributed by atoms with Crippen LogP contribution in [0.2, 0.25) is 0 Å². The molecule has 0 aromatic carbocycles. The maximum atomic E-state index is 12.3. The van der Waals surface area contributed by atoms with E-state index in [1.165, 1.54) is 0 Å². The van der Waals surface area contributed by atoms with Crippen molar-refractivity contribution >= 4 is 11.7 Å². The van der Waals surface area contributed by atoms with E-state index < -0.39 is 0 Å².